The van der Waals surface area contributed by atoms with Crippen molar-refractivity contribution in [3.05, 3.63) is 0 Å². The van der Waals surface area contributed by atoms with E-state index in [1.807, 2.05) is 13.8 Å². The highest BCUT2D eigenvalue weighted by Crippen LogP contribution is 2.08. The molecule has 0 aromatic rings. The minimum absolute atomic E-state index is 0.0978. The monoisotopic (exact) mass is 276 g/mol. The molecule has 7 heteroatoms. The average Bonchev–Trinajstić information content (AvgIpc) is 2.26. The molecule has 0 aliphatic carbocycles. The van der Waals surface area contributed by atoms with Crippen LogP contribution in [0.4, 0.5) is 4.79 Å². The minimum Gasteiger partial charge on any atom is -0.481 e. The van der Waals surface area contributed by atoms with Crippen LogP contribution in [0, 0.1) is 0 Å². The number of aliphatic hydroxyl groups is 1. The fourth-order valence-electron chi connectivity index (χ4n) is 1.74. The molecular weight excluding hydrogens is 252 g/mol. The molecule has 112 valence electrons. The van der Waals surface area contributed by atoms with Crippen molar-refractivity contribution >= 4 is 12.0 Å². The van der Waals surface area contributed by atoms with Gasteiger partial charge in [0, 0.05) is 20.2 Å². The Labute approximate surface area is 113 Å². The maximum atomic E-state index is 11.9. The second kappa shape index (κ2) is 7.96. The molecule has 0 bridgehead atoms. The topological polar surface area (TPSA) is 99.1 Å². The molecule has 0 rings (SSSR count). The molecule has 3 N–H and O–H groups in total. The van der Waals surface area contributed by atoms with Crippen LogP contribution in [0.5, 0.6) is 0 Å². The van der Waals surface area contributed by atoms with E-state index in [0.717, 1.165) is 0 Å². The molecule has 0 aliphatic rings. The van der Waals surface area contributed by atoms with Crippen molar-refractivity contribution in [2.45, 2.75) is 38.8 Å². The van der Waals surface area contributed by atoms with Gasteiger partial charge in [0.2, 0.25) is 0 Å². The van der Waals surface area contributed by atoms with Gasteiger partial charge >= 0.3 is 12.0 Å². The number of rotatable bonds is 8. The highest BCUT2D eigenvalue weighted by atomic mass is 16.5. The van der Waals surface area contributed by atoms with E-state index in [-0.39, 0.29) is 18.6 Å². The van der Waals surface area contributed by atoms with Gasteiger partial charge < -0.3 is 25.2 Å². The molecular formula is C12H24N2O5. The van der Waals surface area contributed by atoms with Gasteiger partial charge in [-0.25, -0.2) is 4.79 Å². The van der Waals surface area contributed by atoms with Crippen LogP contribution >= 0.6 is 0 Å². The number of carbonyl (C=O) groups is 2. The van der Waals surface area contributed by atoms with Crippen LogP contribution in [0.25, 0.3) is 0 Å². The Kier molecular flexibility index (Phi) is 7.40. The summed E-state index contributed by atoms with van der Waals surface area (Å²) in [6.07, 6.45) is -0.424. The van der Waals surface area contributed by atoms with Gasteiger partial charge in [0.15, 0.2) is 0 Å². The van der Waals surface area contributed by atoms with Crippen LogP contribution in [0.3, 0.4) is 0 Å². The van der Waals surface area contributed by atoms with E-state index in [0.29, 0.717) is 13.2 Å². The number of ether oxygens (including phenoxy) is 1. The van der Waals surface area contributed by atoms with E-state index in [4.69, 9.17) is 9.84 Å². The van der Waals surface area contributed by atoms with Crippen molar-refractivity contribution in [3.8, 4) is 0 Å². The number of nitrogens with zero attached hydrogens (tertiary/aromatic N) is 1. The van der Waals surface area contributed by atoms with Crippen LogP contribution in [0.1, 0.15) is 27.2 Å². The first kappa shape index (κ1) is 17.7. The number of amides is 2. The van der Waals surface area contributed by atoms with Crippen molar-refractivity contribution in [1.82, 2.24) is 10.2 Å². The van der Waals surface area contributed by atoms with Gasteiger partial charge in [0.05, 0.1) is 24.7 Å². The number of aliphatic carboxylic acids is 1. The Morgan fingerprint density at radius 3 is 2.47 bits per heavy atom. The summed E-state index contributed by atoms with van der Waals surface area (Å²) in [5, 5.41) is 21.0. The summed E-state index contributed by atoms with van der Waals surface area (Å²) >= 11 is 0. The van der Waals surface area contributed by atoms with E-state index < -0.39 is 18.0 Å². The largest absolute Gasteiger partial charge is 0.481 e. The highest BCUT2D eigenvalue weighted by Gasteiger charge is 2.26. The van der Waals surface area contributed by atoms with Crippen molar-refractivity contribution in [1.29, 1.82) is 0 Å². The zero-order valence-electron chi connectivity index (χ0n) is 12.0. The predicted molar refractivity (Wildman–Crippen MR) is 70.0 cm³/mol. The van der Waals surface area contributed by atoms with E-state index in [9.17, 15) is 14.7 Å². The highest BCUT2D eigenvalue weighted by molar-refractivity contribution is 5.75. The van der Waals surface area contributed by atoms with Crippen LogP contribution < -0.4 is 5.32 Å². The summed E-state index contributed by atoms with van der Waals surface area (Å²) in [5.41, 5.74) is -1.47. The van der Waals surface area contributed by atoms with Crippen molar-refractivity contribution in [2.24, 2.45) is 0 Å². The molecule has 7 nitrogen and oxygen atoms in total. The third-order valence-electron chi connectivity index (χ3n) is 2.69. The minimum atomic E-state index is -1.47. The van der Waals surface area contributed by atoms with Crippen LogP contribution in [-0.2, 0) is 9.53 Å². The van der Waals surface area contributed by atoms with E-state index in [1.54, 1.807) is 12.0 Å². The molecule has 0 saturated heterocycles. The number of methoxy groups -OCH3 is 1. The molecule has 0 aromatic carbocycles. The lowest BCUT2D eigenvalue weighted by atomic mass is 10.0. The number of urea groups is 1. The summed E-state index contributed by atoms with van der Waals surface area (Å²) in [7, 11) is 1.56. The number of carboxylic acids is 1. The van der Waals surface area contributed by atoms with Crippen molar-refractivity contribution in [3.63, 3.8) is 0 Å². The second-order valence-electron chi connectivity index (χ2n) is 4.82. The third kappa shape index (κ3) is 6.97. The predicted octanol–water partition coefficient (Wildman–Crippen LogP) is 0.279. The Bertz CT molecular complexity index is 306. The van der Waals surface area contributed by atoms with Crippen molar-refractivity contribution in [2.75, 3.05) is 26.8 Å². The maximum absolute atomic E-state index is 11.9. The summed E-state index contributed by atoms with van der Waals surface area (Å²) in [6, 6.07) is -0.447. The van der Waals surface area contributed by atoms with Gasteiger partial charge in [-0.15, -0.1) is 0 Å². The quantitative estimate of drug-likeness (QED) is 0.591. The fraction of sp³-hybridized carbons (Fsp3) is 0.833. The summed E-state index contributed by atoms with van der Waals surface area (Å²) in [4.78, 5) is 24.0. The first-order valence-electron chi connectivity index (χ1n) is 6.21. The lowest BCUT2D eigenvalue weighted by Gasteiger charge is -2.29. The molecule has 0 heterocycles. The number of hydrogen-bond acceptors (Lipinski definition) is 4. The Morgan fingerprint density at radius 2 is 2.05 bits per heavy atom. The standard InChI is InChI=1S/C12H24N2O5/c1-5-14(9(2)7-19-4)11(17)13-8-12(3,18)6-10(15)16/h9,18H,5-8H2,1-4H3,(H,13,17)(H,15,16). The molecule has 0 radical (unpaired) electrons. The number of likely N-dealkylation sites (N-methyl/N-ethyl adjacent to an activating group) is 1. The summed E-state index contributed by atoms with van der Waals surface area (Å²) < 4.78 is 4.99. The van der Waals surface area contributed by atoms with E-state index in [1.165, 1.54) is 6.92 Å². The Hall–Kier alpha value is -1.34. The second-order valence-corrected chi connectivity index (χ2v) is 4.82. The van der Waals surface area contributed by atoms with Gasteiger partial charge in [0.1, 0.15) is 0 Å². The number of carboxylic acid groups (broad SMARTS) is 1. The van der Waals surface area contributed by atoms with Gasteiger partial charge in [-0.2, -0.15) is 0 Å². The molecule has 0 aliphatic heterocycles. The normalized spacial score (nSPS) is 15.4. The van der Waals surface area contributed by atoms with E-state index in [2.05, 4.69) is 5.32 Å². The maximum Gasteiger partial charge on any atom is 0.317 e. The van der Waals surface area contributed by atoms with Gasteiger partial charge in [0.25, 0.3) is 0 Å². The molecule has 0 fully saturated rings. The lowest BCUT2D eigenvalue weighted by molar-refractivity contribution is -0.141. The fourth-order valence-corrected chi connectivity index (χ4v) is 1.74. The summed E-state index contributed by atoms with van der Waals surface area (Å²) in [6.45, 7) is 5.85. The molecule has 2 unspecified atom stereocenters. The summed E-state index contributed by atoms with van der Waals surface area (Å²) in [5.74, 6) is -1.11. The number of hydrogen-bond donors (Lipinski definition) is 3. The molecule has 0 aromatic heterocycles. The number of nitrogens with one attached hydrogen (secondary N) is 1. The zero-order chi connectivity index (χ0) is 15.1. The molecule has 19 heavy (non-hydrogen) atoms. The van der Waals surface area contributed by atoms with Crippen molar-refractivity contribution < 1.29 is 24.5 Å². The first-order chi connectivity index (χ1) is 8.73. The van der Waals surface area contributed by atoms with Crippen LogP contribution in [-0.4, -0.2) is 65.6 Å². The smallest absolute Gasteiger partial charge is 0.317 e. The molecule has 2 atom stereocenters. The number of carbonyl (C=O) groups excluding carboxylic acids is 1. The first-order valence-corrected chi connectivity index (χ1v) is 6.21. The Morgan fingerprint density at radius 1 is 1.47 bits per heavy atom. The SMILES string of the molecule is CCN(C(=O)NCC(C)(O)CC(=O)O)C(C)COC. The zero-order valence-corrected chi connectivity index (χ0v) is 12.0. The van der Waals surface area contributed by atoms with Crippen LogP contribution in [0.15, 0.2) is 0 Å². The molecule has 2 amide bonds. The molecule has 0 spiro atoms. The average molecular weight is 276 g/mol. The Balaban J connectivity index is 4.38. The van der Waals surface area contributed by atoms with E-state index >= 15 is 0 Å². The van der Waals surface area contributed by atoms with Gasteiger partial charge in [-0.1, -0.05) is 0 Å². The van der Waals surface area contributed by atoms with Gasteiger partial charge in [-0.05, 0) is 20.8 Å². The third-order valence-corrected chi connectivity index (χ3v) is 2.69. The lowest BCUT2D eigenvalue weighted by Crippen LogP contribution is -2.50. The van der Waals surface area contributed by atoms with Crippen LogP contribution in [0.2, 0.25) is 0 Å². The molecule has 0 saturated carbocycles. The van der Waals surface area contributed by atoms with Gasteiger partial charge in [-0.3, -0.25) is 4.79 Å².